The third kappa shape index (κ3) is 1.93. The summed E-state index contributed by atoms with van der Waals surface area (Å²) in [5.74, 6) is -0.874. The van der Waals surface area contributed by atoms with Crippen LogP contribution in [0.2, 0.25) is 0 Å². The predicted molar refractivity (Wildman–Crippen MR) is 72.5 cm³/mol. The molecule has 2 aromatic rings. The molecule has 98 valence electrons. The maximum atomic E-state index is 12.5. The first-order chi connectivity index (χ1) is 9.18. The Hall–Kier alpha value is -2.10. The van der Waals surface area contributed by atoms with Crippen LogP contribution in [0.3, 0.4) is 0 Å². The van der Waals surface area contributed by atoms with Crippen molar-refractivity contribution in [3.8, 4) is 0 Å². The van der Waals surface area contributed by atoms with Crippen LogP contribution in [-0.2, 0) is 24.2 Å². The largest absolute Gasteiger partial charge is 0.480 e. The third-order valence-electron chi connectivity index (χ3n) is 3.77. The first kappa shape index (κ1) is 12.0. The van der Waals surface area contributed by atoms with Gasteiger partial charge in [0.2, 0.25) is 0 Å². The van der Waals surface area contributed by atoms with Gasteiger partial charge in [-0.05, 0) is 37.8 Å². The zero-order valence-electron chi connectivity index (χ0n) is 10.6. The van der Waals surface area contributed by atoms with Crippen LogP contribution in [-0.4, -0.2) is 15.6 Å². The monoisotopic (exact) mass is 257 g/mol. The van der Waals surface area contributed by atoms with E-state index in [2.05, 4.69) is 0 Å². The van der Waals surface area contributed by atoms with E-state index in [1.165, 1.54) is 0 Å². The van der Waals surface area contributed by atoms with Gasteiger partial charge in [0.05, 0.1) is 5.52 Å². The second-order valence-corrected chi connectivity index (χ2v) is 4.96. The lowest BCUT2D eigenvalue weighted by atomic mass is 9.93. The van der Waals surface area contributed by atoms with Crippen molar-refractivity contribution >= 4 is 16.9 Å². The van der Waals surface area contributed by atoms with Crippen molar-refractivity contribution in [3.05, 3.63) is 45.7 Å². The van der Waals surface area contributed by atoms with Gasteiger partial charge in [-0.2, -0.15) is 0 Å². The number of aromatic nitrogens is 1. The number of carboxylic acid groups (broad SMARTS) is 1. The molecule has 3 rings (SSSR count). The van der Waals surface area contributed by atoms with Gasteiger partial charge in [0.15, 0.2) is 5.43 Å². The Labute approximate surface area is 110 Å². The molecule has 0 radical (unpaired) electrons. The number of pyridine rings is 1. The summed E-state index contributed by atoms with van der Waals surface area (Å²) in [6.07, 6.45) is 3.58. The minimum absolute atomic E-state index is 0.0759. The van der Waals surface area contributed by atoms with Crippen molar-refractivity contribution in [1.82, 2.24) is 4.57 Å². The van der Waals surface area contributed by atoms with E-state index in [9.17, 15) is 9.59 Å². The Morgan fingerprint density at radius 1 is 1.21 bits per heavy atom. The van der Waals surface area contributed by atoms with Crippen molar-refractivity contribution < 1.29 is 9.90 Å². The average Bonchev–Trinajstić information content (AvgIpc) is 2.43. The van der Waals surface area contributed by atoms with Crippen LogP contribution < -0.4 is 5.43 Å². The van der Waals surface area contributed by atoms with Crippen LogP contribution in [0, 0.1) is 0 Å². The number of fused-ring (bicyclic) bond motifs is 2. The molecular weight excluding hydrogens is 242 g/mol. The van der Waals surface area contributed by atoms with Crippen molar-refractivity contribution in [3.63, 3.8) is 0 Å². The second kappa shape index (κ2) is 4.53. The van der Waals surface area contributed by atoms with E-state index in [0.717, 1.165) is 42.5 Å². The molecule has 1 N–H and O–H groups in total. The summed E-state index contributed by atoms with van der Waals surface area (Å²) in [6, 6.07) is 7.28. The van der Waals surface area contributed by atoms with Gasteiger partial charge in [-0.3, -0.25) is 9.59 Å². The Morgan fingerprint density at radius 3 is 2.74 bits per heavy atom. The lowest BCUT2D eigenvalue weighted by Gasteiger charge is -2.22. The predicted octanol–water partition coefficient (Wildman–Crippen LogP) is 1.96. The standard InChI is InChI=1S/C15H15NO3/c17-14(18)9-16-12-7-3-1-5-10(12)15(19)11-6-2-4-8-13(11)16/h1,3,5,7H,2,4,6,8-9H2,(H,17,18). The van der Waals surface area contributed by atoms with Gasteiger partial charge < -0.3 is 9.67 Å². The Morgan fingerprint density at radius 2 is 1.95 bits per heavy atom. The lowest BCUT2D eigenvalue weighted by Crippen LogP contribution is -2.25. The van der Waals surface area contributed by atoms with E-state index in [1.807, 2.05) is 18.2 Å². The van der Waals surface area contributed by atoms with Gasteiger partial charge in [-0.15, -0.1) is 0 Å². The molecule has 4 nitrogen and oxygen atoms in total. The normalized spacial score (nSPS) is 14.3. The maximum absolute atomic E-state index is 12.5. The molecule has 1 aromatic heterocycles. The molecule has 4 heteroatoms. The summed E-state index contributed by atoms with van der Waals surface area (Å²) >= 11 is 0. The van der Waals surface area contributed by atoms with Crippen molar-refractivity contribution in [2.75, 3.05) is 0 Å². The van der Waals surface area contributed by atoms with Crippen molar-refractivity contribution in [2.45, 2.75) is 32.2 Å². The first-order valence-corrected chi connectivity index (χ1v) is 6.53. The molecule has 0 spiro atoms. The number of hydrogen-bond donors (Lipinski definition) is 1. The van der Waals surface area contributed by atoms with E-state index in [0.29, 0.717) is 5.39 Å². The molecule has 1 aliphatic carbocycles. The molecule has 1 aromatic carbocycles. The van der Waals surface area contributed by atoms with Crippen LogP contribution in [0.25, 0.3) is 10.9 Å². The lowest BCUT2D eigenvalue weighted by molar-refractivity contribution is -0.137. The first-order valence-electron chi connectivity index (χ1n) is 6.53. The minimum Gasteiger partial charge on any atom is -0.480 e. The zero-order valence-corrected chi connectivity index (χ0v) is 10.6. The molecule has 0 saturated heterocycles. The summed E-state index contributed by atoms with van der Waals surface area (Å²) in [6.45, 7) is -0.0802. The van der Waals surface area contributed by atoms with Gasteiger partial charge in [0, 0.05) is 16.6 Å². The van der Waals surface area contributed by atoms with Crippen LogP contribution in [0.4, 0.5) is 0 Å². The number of carbonyl (C=O) groups is 1. The number of carboxylic acids is 1. The quantitative estimate of drug-likeness (QED) is 0.894. The van der Waals surface area contributed by atoms with Crippen molar-refractivity contribution in [1.29, 1.82) is 0 Å². The number of nitrogens with zero attached hydrogens (tertiary/aromatic N) is 1. The maximum Gasteiger partial charge on any atom is 0.323 e. The highest BCUT2D eigenvalue weighted by atomic mass is 16.4. The smallest absolute Gasteiger partial charge is 0.323 e. The van der Waals surface area contributed by atoms with Crippen LogP contribution in [0.15, 0.2) is 29.1 Å². The summed E-state index contributed by atoms with van der Waals surface area (Å²) in [7, 11) is 0. The molecule has 0 fully saturated rings. The number of benzene rings is 1. The molecule has 0 aliphatic heterocycles. The van der Waals surface area contributed by atoms with Crippen LogP contribution >= 0.6 is 0 Å². The van der Waals surface area contributed by atoms with Crippen LogP contribution in [0.1, 0.15) is 24.1 Å². The number of para-hydroxylation sites is 1. The topological polar surface area (TPSA) is 59.3 Å². The fourth-order valence-corrected chi connectivity index (χ4v) is 2.96. The molecule has 0 atom stereocenters. The van der Waals surface area contributed by atoms with Crippen LogP contribution in [0.5, 0.6) is 0 Å². The highest BCUT2D eigenvalue weighted by molar-refractivity contribution is 5.82. The number of rotatable bonds is 2. The van der Waals surface area contributed by atoms with Gasteiger partial charge >= 0.3 is 5.97 Å². The van der Waals surface area contributed by atoms with E-state index >= 15 is 0 Å². The molecule has 1 heterocycles. The minimum atomic E-state index is -0.874. The highest BCUT2D eigenvalue weighted by Gasteiger charge is 2.20. The van der Waals surface area contributed by atoms with Gasteiger partial charge in [-0.25, -0.2) is 0 Å². The molecule has 0 bridgehead atoms. The third-order valence-corrected chi connectivity index (χ3v) is 3.77. The van der Waals surface area contributed by atoms with E-state index in [1.54, 1.807) is 10.6 Å². The van der Waals surface area contributed by atoms with Crippen molar-refractivity contribution in [2.24, 2.45) is 0 Å². The summed E-state index contributed by atoms with van der Waals surface area (Å²) in [4.78, 5) is 23.5. The van der Waals surface area contributed by atoms with E-state index < -0.39 is 5.97 Å². The zero-order chi connectivity index (χ0) is 13.4. The summed E-state index contributed by atoms with van der Waals surface area (Å²) in [5.41, 5.74) is 2.53. The van der Waals surface area contributed by atoms with E-state index in [4.69, 9.17) is 5.11 Å². The van der Waals surface area contributed by atoms with Gasteiger partial charge in [0.25, 0.3) is 0 Å². The average molecular weight is 257 g/mol. The molecule has 0 unspecified atom stereocenters. The SMILES string of the molecule is O=C(O)Cn1c2c(c(=O)c3ccccc31)CCCC2. The molecular formula is C15H15NO3. The molecule has 0 saturated carbocycles. The fourth-order valence-electron chi connectivity index (χ4n) is 2.96. The van der Waals surface area contributed by atoms with Gasteiger partial charge in [-0.1, -0.05) is 12.1 Å². The van der Waals surface area contributed by atoms with Gasteiger partial charge in [0.1, 0.15) is 6.54 Å². The highest BCUT2D eigenvalue weighted by Crippen LogP contribution is 2.23. The number of hydrogen-bond acceptors (Lipinski definition) is 2. The molecule has 1 aliphatic rings. The Kier molecular flexibility index (Phi) is 2.85. The summed E-state index contributed by atoms with van der Waals surface area (Å²) < 4.78 is 1.80. The second-order valence-electron chi connectivity index (χ2n) is 4.96. The fraction of sp³-hybridized carbons (Fsp3) is 0.333. The molecule has 19 heavy (non-hydrogen) atoms. The van der Waals surface area contributed by atoms with E-state index in [-0.39, 0.29) is 12.0 Å². The number of aliphatic carboxylic acids is 1. The Bertz CT molecular complexity index is 715. The Balaban J connectivity index is 2.39. The summed E-state index contributed by atoms with van der Waals surface area (Å²) in [5, 5.41) is 9.73. The molecule has 0 amide bonds.